The highest BCUT2D eigenvalue weighted by Crippen LogP contribution is 2.20. The van der Waals surface area contributed by atoms with Gasteiger partial charge < -0.3 is 10.2 Å². The lowest BCUT2D eigenvalue weighted by molar-refractivity contribution is 0.0690. The summed E-state index contributed by atoms with van der Waals surface area (Å²) in [5, 5.41) is 3.34. The molecule has 1 amide bonds. The van der Waals surface area contributed by atoms with Gasteiger partial charge in [-0.3, -0.25) is 9.78 Å². The second-order valence-electron chi connectivity index (χ2n) is 7.15. The number of aryl methyl sites for hydroxylation is 1. The summed E-state index contributed by atoms with van der Waals surface area (Å²) < 4.78 is 0. The molecule has 4 heteroatoms. The normalized spacial score (nSPS) is 10.7. The summed E-state index contributed by atoms with van der Waals surface area (Å²) in [5.41, 5.74) is 4.77. The number of carbonyl (C=O) groups excluding carboxylic acids is 1. The molecule has 144 valence electrons. The first kappa shape index (κ1) is 19.6. The molecule has 0 aliphatic heterocycles. The molecule has 0 radical (unpaired) electrons. The maximum atomic E-state index is 13.1. The van der Waals surface area contributed by atoms with Gasteiger partial charge in [0.05, 0.1) is 17.4 Å². The van der Waals surface area contributed by atoms with Crippen LogP contribution in [-0.2, 0) is 13.0 Å². The Labute approximate surface area is 167 Å². The summed E-state index contributed by atoms with van der Waals surface area (Å²) >= 11 is 0. The molecule has 0 saturated carbocycles. The van der Waals surface area contributed by atoms with E-state index in [0.717, 1.165) is 23.4 Å². The van der Waals surface area contributed by atoms with E-state index in [2.05, 4.69) is 29.4 Å². The highest BCUT2D eigenvalue weighted by atomic mass is 16.2. The van der Waals surface area contributed by atoms with Crippen molar-refractivity contribution in [3.8, 4) is 0 Å². The highest BCUT2D eigenvalue weighted by Gasteiger charge is 2.19. The molecule has 0 saturated heterocycles. The average Bonchev–Trinajstić information content (AvgIpc) is 2.73. The van der Waals surface area contributed by atoms with Crippen LogP contribution in [0.25, 0.3) is 0 Å². The van der Waals surface area contributed by atoms with Crippen molar-refractivity contribution in [2.75, 3.05) is 5.32 Å². The van der Waals surface area contributed by atoms with Gasteiger partial charge in [-0.25, -0.2) is 0 Å². The maximum absolute atomic E-state index is 13.1. The molecule has 1 heterocycles. The van der Waals surface area contributed by atoms with Crippen LogP contribution in [0.4, 0.5) is 11.4 Å². The van der Waals surface area contributed by atoms with Crippen molar-refractivity contribution in [1.82, 2.24) is 9.88 Å². The largest absolute Gasteiger partial charge is 0.354 e. The van der Waals surface area contributed by atoms with Crippen LogP contribution in [0.3, 0.4) is 0 Å². The third-order valence-electron chi connectivity index (χ3n) is 4.72. The molecule has 0 unspecified atom stereocenters. The quantitative estimate of drug-likeness (QED) is 0.600. The average molecular weight is 374 g/mol. The van der Waals surface area contributed by atoms with Crippen LogP contribution in [0, 0.1) is 0 Å². The Hall–Kier alpha value is -3.14. The monoisotopic (exact) mass is 373 g/mol. The maximum Gasteiger partial charge on any atom is 0.256 e. The van der Waals surface area contributed by atoms with Gasteiger partial charge in [-0.2, -0.15) is 0 Å². The Morgan fingerprint density at radius 1 is 0.964 bits per heavy atom. The van der Waals surface area contributed by atoms with Crippen LogP contribution >= 0.6 is 0 Å². The number of carbonyl (C=O) groups is 1. The minimum Gasteiger partial charge on any atom is -0.354 e. The number of hydrogen-bond acceptors (Lipinski definition) is 3. The van der Waals surface area contributed by atoms with E-state index in [4.69, 9.17) is 0 Å². The van der Waals surface area contributed by atoms with E-state index in [1.54, 1.807) is 12.4 Å². The van der Waals surface area contributed by atoms with E-state index in [1.807, 2.05) is 67.3 Å². The van der Waals surface area contributed by atoms with Crippen molar-refractivity contribution in [2.24, 2.45) is 0 Å². The van der Waals surface area contributed by atoms with E-state index < -0.39 is 0 Å². The Kier molecular flexibility index (Phi) is 6.43. The first-order chi connectivity index (χ1) is 13.6. The van der Waals surface area contributed by atoms with Gasteiger partial charge in [0.15, 0.2) is 0 Å². The second-order valence-corrected chi connectivity index (χ2v) is 7.15. The van der Waals surface area contributed by atoms with Crippen molar-refractivity contribution in [2.45, 2.75) is 39.8 Å². The number of rotatable bonds is 7. The lowest BCUT2D eigenvalue weighted by atomic mass is 10.1. The fourth-order valence-electron chi connectivity index (χ4n) is 3.05. The first-order valence-corrected chi connectivity index (χ1v) is 9.72. The number of hydrogen-bond donors (Lipinski definition) is 1. The third-order valence-corrected chi connectivity index (χ3v) is 4.72. The van der Waals surface area contributed by atoms with Crippen molar-refractivity contribution in [1.29, 1.82) is 0 Å². The molecule has 4 nitrogen and oxygen atoms in total. The molecule has 0 atom stereocenters. The number of aromatic nitrogens is 1. The lowest BCUT2D eigenvalue weighted by Gasteiger charge is -2.27. The molecule has 1 aromatic heterocycles. The molecule has 0 fully saturated rings. The predicted octanol–water partition coefficient (Wildman–Crippen LogP) is 5.44. The van der Waals surface area contributed by atoms with Crippen molar-refractivity contribution >= 4 is 17.3 Å². The SMILES string of the molecule is CCc1ccc(Nc2cncc(C(=O)N(Cc3ccccc3)C(C)C)c2)cc1. The second kappa shape index (κ2) is 9.18. The van der Waals surface area contributed by atoms with Gasteiger partial charge in [-0.15, -0.1) is 0 Å². The number of amides is 1. The molecule has 28 heavy (non-hydrogen) atoms. The van der Waals surface area contributed by atoms with Gasteiger partial charge in [-0.05, 0) is 49.6 Å². The number of nitrogens with one attached hydrogen (secondary N) is 1. The van der Waals surface area contributed by atoms with Crippen LogP contribution in [0.15, 0.2) is 73.1 Å². The van der Waals surface area contributed by atoms with Gasteiger partial charge >= 0.3 is 0 Å². The fourth-order valence-corrected chi connectivity index (χ4v) is 3.05. The van der Waals surface area contributed by atoms with E-state index in [1.165, 1.54) is 5.56 Å². The van der Waals surface area contributed by atoms with Gasteiger partial charge in [0.25, 0.3) is 5.91 Å². The van der Waals surface area contributed by atoms with Crippen LogP contribution in [0.1, 0.15) is 42.3 Å². The zero-order valence-corrected chi connectivity index (χ0v) is 16.7. The Morgan fingerprint density at radius 2 is 1.68 bits per heavy atom. The Balaban J connectivity index is 1.77. The summed E-state index contributed by atoms with van der Waals surface area (Å²) in [7, 11) is 0. The molecule has 0 aliphatic carbocycles. The van der Waals surface area contributed by atoms with Crippen molar-refractivity contribution in [3.05, 3.63) is 89.7 Å². The molecule has 0 bridgehead atoms. The topological polar surface area (TPSA) is 45.2 Å². The van der Waals surface area contributed by atoms with Crippen LogP contribution in [0.5, 0.6) is 0 Å². The number of nitrogens with zero attached hydrogens (tertiary/aromatic N) is 2. The van der Waals surface area contributed by atoms with Gasteiger partial charge in [0, 0.05) is 24.5 Å². The smallest absolute Gasteiger partial charge is 0.256 e. The summed E-state index contributed by atoms with van der Waals surface area (Å²) in [6.07, 6.45) is 4.38. The van der Waals surface area contributed by atoms with Gasteiger partial charge in [0.2, 0.25) is 0 Å². The Morgan fingerprint density at radius 3 is 2.32 bits per heavy atom. The summed E-state index contributed by atoms with van der Waals surface area (Å²) in [6.45, 7) is 6.78. The Bertz CT molecular complexity index is 905. The first-order valence-electron chi connectivity index (χ1n) is 9.72. The molecule has 3 aromatic rings. The number of anilines is 2. The molecule has 0 spiro atoms. The van der Waals surface area contributed by atoms with Crippen molar-refractivity contribution < 1.29 is 4.79 Å². The number of benzene rings is 2. The standard InChI is InChI=1S/C24H27N3O/c1-4-19-10-12-22(13-11-19)26-23-14-21(15-25-16-23)24(28)27(18(2)3)17-20-8-6-5-7-9-20/h5-16,18,26H,4,17H2,1-3H3. The molecule has 2 aromatic carbocycles. The molecular formula is C24H27N3O. The molecule has 3 rings (SSSR count). The van der Waals surface area contributed by atoms with E-state index in [0.29, 0.717) is 12.1 Å². The summed E-state index contributed by atoms with van der Waals surface area (Å²) in [6, 6.07) is 20.3. The molecule has 0 aliphatic rings. The van der Waals surface area contributed by atoms with E-state index in [9.17, 15) is 4.79 Å². The van der Waals surface area contributed by atoms with Gasteiger partial charge in [-0.1, -0.05) is 49.4 Å². The van der Waals surface area contributed by atoms with E-state index >= 15 is 0 Å². The molecule has 1 N–H and O–H groups in total. The predicted molar refractivity (Wildman–Crippen MR) is 115 cm³/mol. The highest BCUT2D eigenvalue weighted by molar-refractivity contribution is 5.95. The minimum absolute atomic E-state index is 0.0173. The van der Waals surface area contributed by atoms with Crippen LogP contribution in [-0.4, -0.2) is 21.8 Å². The fraction of sp³-hybridized carbons (Fsp3) is 0.250. The van der Waals surface area contributed by atoms with E-state index in [-0.39, 0.29) is 11.9 Å². The lowest BCUT2D eigenvalue weighted by Crippen LogP contribution is -2.36. The van der Waals surface area contributed by atoms with Crippen LogP contribution < -0.4 is 5.32 Å². The van der Waals surface area contributed by atoms with Crippen molar-refractivity contribution in [3.63, 3.8) is 0 Å². The minimum atomic E-state index is -0.0173. The van der Waals surface area contributed by atoms with Gasteiger partial charge in [0.1, 0.15) is 0 Å². The zero-order valence-electron chi connectivity index (χ0n) is 16.7. The third kappa shape index (κ3) is 4.97. The zero-order chi connectivity index (χ0) is 19.9. The van der Waals surface area contributed by atoms with Crippen LogP contribution in [0.2, 0.25) is 0 Å². The summed E-state index contributed by atoms with van der Waals surface area (Å²) in [5.74, 6) is -0.0173. The number of pyridine rings is 1. The molecular weight excluding hydrogens is 346 g/mol. The summed E-state index contributed by atoms with van der Waals surface area (Å²) in [4.78, 5) is 19.3.